The highest BCUT2D eigenvalue weighted by atomic mass is 32.2. The van der Waals surface area contributed by atoms with Crippen molar-refractivity contribution in [3.63, 3.8) is 0 Å². The minimum absolute atomic E-state index is 0.0127. The van der Waals surface area contributed by atoms with Gasteiger partial charge in [-0.15, -0.1) is 0 Å². The Kier molecular flexibility index (Phi) is 5.35. The molecule has 0 aromatic carbocycles. The van der Waals surface area contributed by atoms with E-state index in [0.29, 0.717) is 37.7 Å². The van der Waals surface area contributed by atoms with E-state index in [1.165, 1.54) is 7.11 Å². The normalized spacial score (nSPS) is 26.6. The van der Waals surface area contributed by atoms with Gasteiger partial charge in [0.25, 0.3) is 5.70 Å². The Morgan fingerprint density at radius 2 is 2.10 bits per heavy atom. The summed E-state index contributed by atoms with van der Waals surface area (Å²) in [5.74, 6) is -0.691. The molecule has 1 aliphatic carbocycles. The molecule has 2 fully saturated rings. The predicted molar refractivity (Wildman–Crippen MR) is 102 cm³/mol. The number of hydrogen-bond donors (Lipinski definition) is 0. The van der Waals surface area contributed by atoms with E-state index in [4.69, 9.17) is 14.2 Å². The van der Waals surface area contributed by atoms with Gasteiger partial charge in [-0.05, 0) is 24.8 Å². The van der Waals surface area contributed by atoms with Crippen LogP contribution in [0.2, 0.25) is 0 Å². The average Bonchev–Trinajstić information content (AvgIpc) is 3.05. The number of piperidine rings is 1. The molecule has 12 heteroatoms. The molecular formula is C18H20F3N3O5S. The number of fused-ring (bicyclic) bond motifs is 1. The van der Waals surface area contributed by atoms with Gasteiger partial charge in [0.15, 0.2) is 11.0 Å². The number of hydrogen-bond acceptors (Lipinski definition) is 8. The second-order valence-corrected chi connectivity index (χ2v) is 8.41. The van der Waals surface area contributed by atoms with E-state index in [1.807, 2.05) is 11.8 Å². The Labute approximate surface area is 174 Å². The molecule has 1 spiro atoms. The van der Waals surface area contributed by atoms with Crippen LogP contribution in [0.4, 0.5) is 13.2 Å². The molecular weight excluding hydrogens is 427 g/mol. The number of alkyl halides is 3. The Hall–Kier alpha value is -2.05. The van der Waals surface area contributed by atoms with Gasteiger partial charge in [0.05, 0.1) is 36.7 Å². The lowest BCUT2D eigenvalue weighted by atomic mass is 9.98. The van der Waals surface area contributed by atoms with Crippen LogP contribution in [0.5, 0.6) is 0 Å². The first-order valence-electron chi connectivity index (χ1n) is 9.39. The van der Waals surface area contributed by atoms with Crippen molar-refractivity contribution in [2.24, 2.45) is 4.99 Å². The summed E-state index contributed by atoms with van der Waals surface area (Å²) in [6.07, 6.45) is -3.37. The highest BCUT2D eigenvalue weighted by Gasteiger charge is 2.46. The van der Waals surface area contributed by atoms with Gasteiger partial charge in [-0.2, -0.15) is 18.2 Å². The molecule has 4 aliphatic rings. The van der Waals surface area contributed by atoms with Crippen molar-refractivity contribution >= 4 is 16.9 Å². The maximum absolute atomic E-state index is 13.3. The van der Waals surface area contributed by atoms with Crippen molar-refractivity contribution < 1.29 is 32.3 Å². The summed E-state index contributed by atoms with van der Waals surface area (Å²) >= 11 is 1.00. The molecule has 0 aromatic rings. The van der Waals surface area contributed by atoms with Gasteiger partial charge < -0.3 is 19.1 Å². The molecule has 3 aliphatic heterocycles. The van der Waals surface area contributed by atoms with Crippen LogP contribution < -0.4 is 0 Å². The van der Waals surface area contributed by atoms with Gasteiger partial charge in [0.1, 0.15) is 4.91 Å². The van der Waals surface area contributed by atoms with E-state index >= 15 is 0 Å². The zero-order valence-electron chi connectivity index (χ0n) is 16.3. The average molecular weight is 447 g/mol. The van der Waals surface area contributed by atoms with Crippen molar-refractivity contribution in [2.45, 2.75) is 44.3 Å². The van der Waals surface area contributed by atoms with Crippen LogP contribution in [0.25, 0.3) is 0 Å². The molecule has 0 radical (unpaired) electrons. The smallest absolute Gasteiger partial charge is 0.413 e. The van der Waals surface area contributed by atoms with E-state index in [2.05, 4.69) is 4.99 Å². The summed E-state index contributed by atoms with van der Waals surface area (Å²) in [6.45, 7) is 3.55. The first kappa shape index (κ1) is 21.2. The van der Waals surface area contributed by atoms with Gasteiger partial charge in [0, 0.05) is 31.5 Å². The van der Waals surface area contributed by atoms with E-state index in [0.717, 1.165) is 17.8 Å². The number of likely N-dealkylation sites (tertiary alicyclic amines) is 1. The fraction of sp³-hybridized carbons (Fsp3) is 0.611. The molecule has 3 heterocycles. The van der Waals surface area contributed by atoms with Crippen LogP contribution in [0, 0.1) is 10.1 Å². The summed E-state index contributed by atoms with van der Waals surface area (Å²) in [4.78, 5) is 17.2. The maximum Gasteiger partial charge on any atom is 0.413 e. The van der Waals surface area contributed by atoms with E-state index < -0.39 is 34.6 Å². The van der Waals surface area contributed by atoms with Crippen molar-refractivity contribution in [3.8, 4) is 0 Å². The molecule has 1 unspecified atom stereocenters. The Morgan fingerprint density at radius 3 is 2.63 bits per heavy atom. The molecule has 1 atom stereocenters. The number of thioether (sulfide) groups is 1. The van der Waals surface area contributed by atoms with Gasteiger partial charge in [-0.1, -0.05) is 0 Å². The first-order chi connectivity index (χ1) is 14.1. The number of methoxy groups -OCH3 is 1. The summed E-state index contributed by atoms with van der Waals surface area (Å²) in [5, 5.41) is 12.0. The lowest BCUT2D eigenvalue weighted by molar-refractivity contribution is -0.428. The fourth-order valence-corrected chi connectivity index (χ4v) is 5.01. The quantitative estimate of drug-likeness (QED) is 0.473. The van der Waals surface area contributed by atoms with E-state index in [1.54, 1.807) is 0 Å². The molecule has 8 nitrogen and oxygen atoms in total. The van der Waals surface area contributed by atoms with Crippen molar-refractivity contribution in [1.29, 1.82) is 0 Å². The SMILES string of the molecule is COC1=C2C=C(C(F)(F)F)CC([N+](=O)[O-])=C2SC(N2CCC3(CC2)OCC(C)O3)=N1. The third-order valence-corrected chi connectivity index (χ3v) is 6.57. The Bertz CT molecular complexity index is 888. The highest BCUT2D eigenvalue weighted by Crippen LogP contribution is 2.46. The van der Waals surface area contributed by atoms with Gasteiger partial charge in [-0.3, -0.25) is 10.1 Å². The second kappa shape index (κ2) is 7.57. The number of nitro groups is 1. The molecule has 0 aromatic heterocycles. The first-order valence-corrected chi connectivity index (χ1v) is 10.2. The van der Waals surface area contributed by atoms with Crippen LogP contribution in [0.1, 0.15) is 26.2 Å². The number of aliphatic imine (C=N–C) groups is 1. The van der Waals surface area contributed by atoms with Crippen molar-refractivity contribution in [1.82, 2.24) is 4.90 Å². The second-order valence-electron chi connectivity index (χ2n) is 7.43. The summed E-state index contributed by atoms with van der Waals surface area (Å²) < 4.78 is 56.7. The Balaban J connectivity index is 1.64. The zero-order valence-corrected chi connectivity index (χ0v) is 17.1. The summed E-state index contributed by atoms with van der Waals surface area (Å²) in [6, 6.07) is 0. The fourth-order valence-electron chi connectivity index (χ4n) is 3.87. The minimum Gasteiger partial charge on any atom is -0.480 e. The number of allylic oxidation sites excluding steroid dienone is 3. The topological polar surface area (TPSA) is 86.4 Å². The number of nitrogens with zero attached hydrogens (tertiary/aromatic N) is 3. The van der Waals surface area contributed by atoms with Crippen molar-refractivity contribution in [2.75, 3.05) is 26.8 Å². The lowest BCUT2D eigenvalue weighted by Crippen LogP contribution is -2.47. The van der Waals surface area contributed by atoms with E-state index in [9.17, 15) is 23.3 Å². The minimum atomic E-state index is -4.67. The van der Waals surface area contributed by atoms with Gasteiger partial charge in [-0.25, -0.2) is 0 Å². The molecule has 0 amide bonds. The molecule has 0 bridgehead atoms. The third kappa shape index (κ3) is 3.83. The maximum atomic E-state index is 13.3. The van der Waals surface area contributed by atoms with Crippen LogP contribution in [0.15, 0.2) is 38.7 Å². The highest BCUT2D eigenvalue weighted by molar-refractivity contribution is 8.17. The van der Waals surface area contributed by atoms with Crippen LogP contribution in [0.3, 0.4) is 0 Å². The zero-order chi connectivity index (χ0) is 21.7. The molecule has 164 valence electrons. The van der Waals surface area contributed by atoms with Gasteiger partial charge >= 0.3 is 6.18 Å². The number of halogens is 3. The molecule has 2 saturated heterocycles. The monoisotopic (exact) mass is 447 g/mol. The van der Waals surface area contributed by atoms with Crippen molar-refractivity contribution in [3.05, 3.63) is 43.8 Å². The van der Waals surface area contributed by atoms with Crippen LogP contribution >= 0.6 is 11.8 Å². The third-order valence-electron chi connectivity index (χ3n) is 5.37. The number of amidine groups is 1. The summed E-state index contributed by atoms with van der Waals surface area (Å²) in [5.41, 5.74) is -1.51. The molecule has 30 heavy (non-hydrogen) atoms. The molecule has 0 N–H and O–H groups in total. The van der Waals surface area contributed by atoms with Crippen LogP contribution in [-0.2, 0) is 14.2 Å². The van der Waals surface area contributed by atoms with E-state index in [-0.39, 0.29) is 22.5 Å². The number of ether oxygens (including phenoxy) is 3. The number of rotatable bonds is 2. The Morgan fingerprint density at radius 1 is 1.40 bits per heavy atom. The van der Waals surface area contributed by atoms with Gasteiger partial charge in [0.2, 0.25) is 5.88 Å². The van der Waals surface area contributed by atoms with Crippen LogP contribution in [-0.4, -0.2) is 59.9 Å². The molecule has 0 saturated carbocycles. The molecule has 4 rings (SSSR count). The largest absolute Gasteiger partial charge is 0.480 e. The standard InChI is InChI=1S/C18H20F3N3O5S/c1-10-9-28-17(29-10)3-5-23(6-4-17)16-22-15(27-2)12-7-11(18(19,20)21)8-13(24(25)26)14(12)30-16/h7,10H,3-6,8-9H2,1-2H3. The summed E-state index contributed by atoms with van der Waals surface area (Å²) in [7, 11) is 1.28. The lowest BCUT2D eigenvalue weighted by Gasteiger charge is -2.39. The predicted octanol–water partition coefficient (Wildman–Crippen LogP) is 3.56.